The minimum atomic E-state index is -0.856. The van der Waals surface area contributed by atoms with Crippen LogP contribution >= 0.6 is 0 Å². The largest absolute Gasteiger partial charge is 0.444 e. The number of amides is 6. The Balaban J connectivity index is 1.79. The maximum atomic E-state index is 14.0. The van der Waals surface area contributed by atoms with E-state index in [2.05, 4.69) is 16.0 Å². The average molecular weight is 1160 g/mol. The Hall–Kier alpha value is -7.05. The van der Waals surface area contributed by atoms with E-state index in [1.165, 1.54) is 24.5 Å². The number of rotatable bonds is 16. The average Bonchev–Trinajstić information content (AvgIpc) is 3.44. The first-order valence-corrected chi connectivity index (χ1v) is 28.4. The number of ether oxygens (including phenoxy) is 5. The number of nitrogens with zero attached hydrogens (tertiary/aromatic N) is 8. The molecule has 5 N–H and O–H groups in total. The highest BCUT2D eigenvalue weighted by Gasteiger charge is 2.32. The third-order valence-corrected chi connectivity index (χ3v) is 12.0. The monoisotopic (exact) mass is 1150 g/mol. The van der Waals surface area contributed by atoms with Gasteiger partial charge in [0.15, 0.2) is 0 Å². The van der Waals surface area contributed by atoms with Crippen molar-refractivity contribution < 1.29 is 56.9 Å². The number of nitrogens with one attached hydrogen (secondary N) is 3. The molecule has 1 fully saturated rings. The van der Waals surface area contributed by atoms with Crippen molar-refractivity contribution in [2.75, 3.05) is 120 Å². The molecule has 4 rings (SSSR count). The van der Waals surface area contributed by atoms with Crippen LogP contribution in [0.25, 0.3) is 6.08 Å². The number of aryl methyl sites for hydroxylation is 1. The molecule has 3 heterocycles. The lowest BCUT2D eigenvalue weighted by Gasteiger charge is -2.36. The van der Waals surface area contributed by atoms with Crippen LogP contribution in [0.1, 0.15) is 144 Å². The van der Waals surface area contributed by atoms with E-state index in [1.54, 1.807) is 116 Å². The van der Waals surface area contributed by atoms with Gasteiger partial charge in [-0.05, 0) is 141 Å². The molecule has 25 nitrogen and oxygen atoms in total. The molecule has 2 aromatic heterocycles. The fraction of sp³-hybridized carbons (Fsp3) is 0.702. The van der Waals surface area contributed by atoms with Crippen molar-refractivity contribution in [3.8, 4) is 0 Å². The Morgan fingerprint density at radius 2 is 1.02 bits per heavy atom. The Labute approximate surface area is 484 Å². The fourth-order valence-corrected chi connectivity index (χ4v) is 8.23. The van der Waals surface area contributed by atoms with Gasteiger partial charge in [0.1, 0.15) is 51.0 Å². The van der Waals surface area contributed by atoms with Crippen molar-refractivity contribution in [3.63, 3.8) is 0 Å². The number of aromatic nitrogens is 2. The van der Waals surface area contributed by atoms with Crippen LogP contribution in [0.4, 0.5) is 41.6 Å². The molecule has 1 saturated heterocycles. The summed E-state index contributed by atoms with van der Waals surface area (Å²) in [6.45, 7) is 29.8. The number of carbonyl (C=O) groups is 6. The third-order valence-electron chi connectivity index (χ3n) is 12.0. The molecule has 0 radical (unpaired) electrons. The van der Waals surface area contributed by atoms with Gasteiger partial charge in [0.2, 0.25) is 5.95 Å². The van der Waals surface area contributed by atoms with E-state index in [9.17, 15) is 33.6 Å². The van der Waals surface area contributed by atoms with E-state index in [-0.39, 0.29) is 116 Å². The Kier molecular flexibility index (Phi) is 24.1. The van der Waals surface area contributed by atoms with Crippen LogP contribution in [0.2, 0.25) is 0 Å². The van der Waals surface area contributed by atoms with Crippen molar-refractivity contribution in [3.05, 3.63) is 45.0 Å². The molecule has 2 aliphatic rings. The van der Waals surface area contributed by atoms with Crippen LogP contribution < -0.4 is 32.2 Å². The Bertz CT molecular complexity index is 2550. The molecule has 0 aromatic carbocycles. The maximum absolute atomic E-state index is 14.0. The van der Waals surface area contributed by atoms with Gasteiger partial charge in [0.05, 0.1) is 0 Å². The molecule has 1 aliphatic carbocycles. The molecular formula is C57H94N12O13. The summed E-state index contributed by atoms with van der Waals surface area (Å²) in [6, 6.07) is 1.57. The summed E-state index contributed by atoms with van der Waals surface area (Å²) >= 11 is 0. The first-order chi connectivity index (χ1) is 38.0. The van der Waals surface area contributed by atoms with E-state index < -0.39 is 70.0 Å². The van der Waals surface area contributed by atoms with Crippen molar-refractivity contribution in [2.45, 2.75) is 158 Å². The summed E-state index contributed by atoms with van der Waals surface area (Å²) in [5, 5.41) is 9.63. The van der Waals surface area contributed by atoms with Gasteiger partial charge in [-0.15, -0.1) is 0 Å². The molecule has 82 heavy (non-hydrogen) atoms. The summed E-state index contributed by atoms with van der Waals surface area (Å²) in [6.07, 6.45) is 2.39. The van der Waals surface area contributed by atoms with Crippen molar-refractivity contribution in [1.29, 1.82) is 0 Å². The van der Waals surface area contributed by atoms with Crippen LogP contribution in [-0.2, 0) is 36.5 Å². The van der Waals surface area contributed by atoms with Crippen LogP contribution in [0, 0.1) is 0 Å². The Morgan fingerprint density at radius 3 is 1.45 bits per heavy atom. The van der Waals surface area contributed by atoms with Gasteiger partial charge >= 0.3 is 36.1 Å². The molecular weight excluding hydrogens is 1060 g/mol. The molecule has 0 spiro atoms. The first kappa shape index (κ1) is 67.5. The van der Waals surface area contributed by atoms with Gasteiger partial charge in [-0.2, -0.15) is 9.97 Å². The molecule has 6 amide bonds. The normalized spacial score (nSPS) is 14.8. The number of nitrogens with two attached hydrogens (primary N) is 1. The van der Waals surface area contributed by atoms with E-state index >= 15 is 0 Å². The predicted octanol–water partition coefficient (Wildman–Crippen LogP) is 7.17. The van der Waals surface area contributed by atoms with Crippen LogP contribution in [0.15, 0.2) is 21.4 Å². The fourth-order valence-electron chi connectivity index (χ4n) is 8.23. The van der Waals surface area contributed by atoms with Gasteiger partial charge in [0.25, 0.3) is 5.91 Å². The SMILES string of the molecule is CCc1c(NCCNC(=O)c2cc3c(oc2=O)C=CCC3)nc(N2CCN(C(=O)OC(C)(C)C)CCN(C(=O)OC(C)(C)C)CCN(C(=O)OC(C)(C)C)CC2)nc1NCCN(CCN(CCN)C(=O)OC(C)(C)C)C(=O)OC(C)(C)C. The van der Waals surface area contributed by atoms with Gasteiger partial charge in [0, 0.05) is 110 Å². The lowest BCUT2D eigenvalue weighted by atomic mass is 10.0. The highest BCUT2D eigenvalue weighted by molar-refractivity contribution is 5.94. The minimum absolute atomic E-state index is 0.0374. The van der Waals surface area contributed by atoms with Crippen LogP contribution in [-0.4, -0.2) is 204 Å². The molecule has 0 saturated carbocycles. The van der Waals surface area contributed by atoms with Crippen LogP contribution in [0.5, 0.6) is 0 Å². The van der Waals surface area contributed by atoms with E-state index in [0.29, 0.717) is 35.8 Å². The summed E-state index contributed by atoms with van der Waals surface area (Å²) in [5.41, 5.74) is 2.31. The van der Waals surface area contributed by atoms with Crippen molar-refractivity contribution >= 4 is 60.0 Å². The van der Waals surface area contributed by atoms with Gasteiger partial charge < -0.3 is 79.2 Å². The molecule has 460 valence electrons. The molecule has 2 aromatic rings. The first-order valence-electron chi connectivity index (χ1n) is 28.4. The lowest BCUT2D eigenvalue weighted by Crippen LogP contribution is -2.51. The molecule has 0 atom stereocenters. The number of hydrogen-bond acceptors (Lipinski definition) is 19. The summed E-state index contributed by atoms with van der Waals surface area (Å²) in [4.78, 5) is 115. The zero-order chi connectivity index (χ0) is 61.4. The van der Waals surface area contributed by atoms with E-state index in [0.717, 1.165) is 12.0 Å². The highest BCUT2D eigenvalue weighted by atomic mass is 16.6. The number of allylic oxidation sites excluding steroid dienone is 1. The molecule has 25 heteroatoms. The Morgan fingerprint density at radius 1 is 0.598 bits per heavy atom. The van der Waals surface area contributed by atoms with E-state index in [4.69, 9.17) is 43.8 Å². The minimum Gasteiger partial charge on any atom is -0.444 e. The zero-order valence-electron chi connectivity index (χ0n) is 51.6. The number of carbonyl (C=O) groups excluding carboxylic acids is 6. The lowest BCUT2D eigenvalue weighted by molar-refractivity contribution is 0.00805. The summed E-state index contributed by atoms with van der Waals surface area (Å²) < 4.78 is 34.5. The summed E-state index contributed by atoms with van der Waals surface area (Å²) in [5.74, 6) is 0.794. The highest BCUT2D eigenvalue weighted by Crippen LogP contribution is 2.27. The topological polar surface area (TPSA) is 286 Å². The molecule has 0 unspecified atom stereocenters. The number of anilines is 3. The molecule has 1 aliphatic heterocycles. The van der Waals surface area contributed by atoms with Crippen LogP contribution in [0.3, 0.4) is 0 Å². The second-order valence-electron chi connectivity index (χ2n) is 25.1. The van der Waals surface area contributed by atoms with Gasteiger partial charge in [-0.3, -0.25) is 4.79 Å². The second-order valence-corrected chi connectivity index (χ2v) is 25.1. The second kappa shape index (κ2) is 29.3. The van der Waals surface area contributed by atoms with E-state index in [1.807, 2.05) is 17.9 Å². The molecule has 0 bridgehead atoms. The maximum Gasteiger partial charge on any atom is 0.410 e. The van der Waals surface area contributed by atoms with Crippen molar-refractivity contribution in [1.82, 2.24) is 39.8 Å². The van der Waals surface area contributed by atoms with Crippen molar-refractivity contribution in [2.24, 2.45) is 5.73 Å². The zero-order valence-corrected chi connectivity index (χ0v) is 51.6. The quantitative estimate of drug-likeness (QED) is 0.0957. The third kappa shape index (κ3) is 23.1. The number of fused-ring (bicyclic) bond motifs is 1. The predicted molar refractivity (Wildman–Crippen MR) is 313 cm³/mol. The smallest absolute Gasteiger partial charge is 0.410 e. The van der Waals surface area contributed by atoms with Gasteiger partial charge in [-0.1, -0.05) is 13.0 Å². The van der Waals surface area contributed by atoms with Gasteiger partial charge in [-0.25, -0.2) is 28.8 Å². The number of hydrogen-bond donors (Lipinski definition) is 4. The summed E-state index contributed by atoms with van der Waals surface area (Å²) in [7, 11) is 0. The standard InChI is InChI=1S/C57H94N12O13/c1-17-40-43(59-23-24-61-45(70)41-38-39-20-18-19-21-42(39)77-46(41)71)62-47(63-44(40)60-25-27-66(49(73)79-54(5,6)7)33-32-65(26-22-58)48(72)78-53(2,3)4)64-28-30-67(50(74)80-55(8,9)10)34-36-69(52(76)82-57(14,15)16)37-35-68(31-29-64)51(75)81-56(11,12)13/h19,21,38H,17-18,20,22-37,58H2,1-16H3,(H,61,70)(H2,59,60,62,63).